The molecule has 0 aliphatic rings. The van der Waals surface area contributed by atoms with E-state index in [1.807, 2.05) is 0 Å². The van der Waals surface area contributed by atoms with E-state index in [1.54, 1.807) is 0 Å². The van der Waals surface area contributed by atoms with Gasteiger partial charge in [0.2, 0.25) is 0 Å². The molecule has 0 aliphatic carbocycles. The minimum absolute atomic E-state index is 0. The Morgan fingerprint density at radius 1 is 0.933 bits per heavy atom. The topological polar surface area (TPSA) is 112 Å². The standard InChI is InChI=1S/C6H6O6S2.Na/c7-13(8,9)5-1-2-6(4-3-5)14(10,11)12;/h1-4H,(H,7,8,9)(H,10,11,12);/q;+1/p-1. The largest absolute Gasteiger partial charge is 1.00 e. The normalized spacial score (nSPS) is 11.9. The third-order valence-corrected chi connectivity index (χ3v) is 3.13. The Balaban J connectivity index is 0.00000196. The summed E-state index contributed by atoms with van der Waals surface area (Å²) in [6.45, 7) is 0. The van der Waals surface area contributed by atoms with Gasteiger partial charge in [-0.3, -0.25) is 4.55 Å². The molecule has 0 saturated carbocycles. The van der Waals surface area contributed by atoms with Crippen LogP contribution in [-0.4, -0.2) is 25.9 Å². The van der Waals surface area contributed by atoms with Gasteiger partial charge in [-0.05, 0) is 24.3 Å². The van der Waals surface area contributed by atoms with Gasteiger partial charge in [0.1, 0.15) is 10.1 Å². The first-order valence-corrected chi connectivity index (χ1v) is 6.09. The van der Waals surface area contributed by atoms with Crippen LogP contribution in [-0.2, 0) is 20.2 Å². The van der Waals surface area contributed by atoms with Gasteiger partial charge in [0.25, 0.3) is 10.1 Å². The zero-order valence-electron chi connectivity index (χ0n) is 7.61. The molecule has 9 heteroatoms. The van der Waals surface area contributed by atoms with Crippen LogP contribution in [0.5, 0.6) is 0 Å². The van der Waals surface area contributed by atoms with Crippen molar-refractivity contribution in [1.82, 2.24) is 0 Å². The first-order valence-electron chi connectivity index (χ1n) is 3.25. The number of hydrogen-bond acceptors (Lipinski definition) is 5. The van der Waals surface area contributed by atoms with Gasteiger partial charge in [-0.2, -0.15) is 8.42 Å². The molecule has 0 fully saturated rings. The average molecular weight is 260 g/mol. The molecule has 0 saturated heterocycles. The van der Waals surface area contributed by atoms with Gasteiger partial charge in [-0.25, -0.2) is 8.42 Å². The summed E-state index contributed by atoms with van der Waals surface area (Å²) in [4.78, 5) is -1.02. The van der Waals surface area contributed by atoms with E-state index >= 15 is 0 Å². The molecule has 0 heterocycles. The van der Waals surface area contributed by atoms with Gasteiger partial charge >= 0.3 is 29.6 Å². The van der Waals surface area contributed by atoms with Crippen molar-refractivity contribution in [2.75, 3.05) is 0 Å². The third kappa shape index (κ3) is 4.19. The summed E-state index contributed by atoms with van der Waals surface area (Å²) < 4.78 is 60.9. The fourth-order valence-corrected chi connectivity index (χ4v) is 1.73. The minimum atomic E-state index is -4.59. The Hall–Kier alpha value is 0.0400. The summed E-state index contributed by atoms with van der Waals surface area (Å²) in [5, 5.41) is 0. The van der Waals surface area contributed by atoms with Crippen LogP contribution in [0.3, 0.4) is 0 Å². The van der Waals surface area contributed by atoms with E-state index in [-0.39, 0.29) is 29.6 Å². The van der Waals surface area contributed by atoms with Gasteiger partial charge in [-0.1, -0.05) is 0 Å². The second-order valence-corrected chi connectivity index (χ2v) is 5.20. The molecular weight excluding hydrogens is 255 g/mol. The molecule has 0 bridgehead atoms. The molecule has 0 radical (unpaired) electrons. The Kier molecular flexibility index (Phi) is 4.93. The van der Waals surface area contributed by atoms with Crippen molar-refractivity contribution in [2.24, 2.45) is 0 Å². The van der Waals surface area contributed by atoms with E-state index in [4.69, 9.17) is 4.55 Å². The molecule has 1 rings (SSSR count). The van der Waals surface area contributed by atoms with E-state index in [1.165, 1.54) is 0 Å². The van der Waals surface area contributed by atoms with Gasteiger partial charge in [-0.15, -0.1) is 0 Å². The van der Waals surface area contributed by atoms with Gasteiger partial charge in [0.15, 0.2) is 0 Å². The molecular formula is C6H5NaO6S2. The first-order chi connectivity index (χ1) is 6.21. The first kappa shape index (κ1) is 15.0. The van der Waals surface area contributed by atoms with Crippen molar-refractivity contribution in [3.8, 4) is 0 Å². The number of hydrogen-bond donors (Lipinski definition) is 1. The molecule has 1 aromatic rings. The number of rotatable bonds is 2. The molecule has 0 amide bonds. The molecule has 0 atom stereocenters. The van der Waals surface area contributed by atoms with Crippen LogP contribution in [0.15, 0.2) is 34.1 Å². The van der Waals surface area contributed by atoms with Gasteiger partial charge < -0.3 is 4.55 Å². The fraction of sp³-hybridized carbons (Fsp3) is 0. The Labute approximate surface area is 109 Å². The SMILES string of the molecule is O=S(=O)([O-])c1ccc(S(=O)(=O)O)cc1.[Na+]. The summed E-state index contributed by atoms with van der Waals surface area (Å²) in [7, 11) is -8.95. The summed E-state index contributed by atoms with van der Waals surface area (Å²) >= 11 is 0. The van der Waals surface area contributed by atoms with E-state index in [9.17, 15) is 21.4 Å². The van der Waals surface area contributed by atoms with E-state index < -0.39 is 30.0 Å². The minimum Gasteiger partial charge on any atom is -0.744 e. The molecule has 1 N–H and O–H groups in total. The van der Waals surface area contributed by atoms with Crippen LogP contribution in [0.2, 0.25) is 0 Å². The molecule has 0 aliphatic heterocycles. The maximum Gasteiger partial charge on any atom is 1.00 e. The van der Waals surface area contributed by atoms with Crippen molar-refractivity contribution in [2.45, 2.75) is 9.79 Å². The van der Waals surface area contributed by atoms with Crippen molar-refractivity contribution in [3.63, 3.8) is 0 Å². The predicted molar refractivity (Wildman–Crippen MR) is 44.2 cm³/mol. The summed E-state index contributed by atoms with van der Waals surface area (Å²) in [5.41, 5.74) is 0. The molecule has 15 heavy (non-hydrogen) atoms. The van der Waals surface area contributed by atoms with Gasteiger partial charge in [0.05, 0.1) is 9.79 Å². The zero-order chi connectivity index (χ0) is 11.0. The monoisotopic (exact) mass is 260 g/mol. The summed E-state index contributed by atoms with van der Waals surface area (Å²) in [6, 6.07) is 3.29. The molecule has 0 unspecified atom stereocenters. The van der Waals surface area contributed by atoms with E-state index in [2.05, 4.69) is 0 Å². The van der Waals surface area contributed by atoms with Crippen molar-refractivity contribution in [1.29, 1.82) is 0 Å². The molecule has 0 aromatic heterocycles. The molecule has 78 valence electrons. The molecule has 6 nitrogen and oxygen atoms in total. The van der Waals surface area contributed by atoms with Crippen molar-refractivity contribution < 1.29 is 55.5 Å². The predicted octanol–water partition coefficient (Wildman–Crippen LogP) is -3.16. The zero-order valence-corrected chi connectivity index (χ0v) is 11.2. The maximum atomic E-state index is 10.5. The smallest absolute Gasteiger partial charge is 0.744 e. The fourth-order valence-electron chi connectivity index (χ4n) is 0.778. The van der Waals surface area contributed by atoms with Crippen LogP contribution in [0, 0.1) is 0 Å². The van der Waals surface area contributed by atoms with Crippen molar-refractivity contribution in [3.05, 3.63) is 24.3 Å². The van der Waals surface area contributed by atoms with E-state index in [0.29, 0.717) is 0 Å². The van der Waals surface area contributed by atoms with E-state index in [0.717, 1.165) is 24.3 Å². The van der Waals surface area contributed by atoms with Crippen LogP contribution in [0.1, 0.15) is 0 Å². The second kappa shape index (κ2) is 4.91. The Morgan fingerprint density at radius 3 is 1.53 bits per heavy atom. The van der Waals surface area contributed by atoms with Crippen LogP contribution < -0.4 is 29.6 Å². The van der Waals surface area contributed by atoms with Gasteiger partial charge in [0, 0.05) is 0 Å². The Morgan fingerprint density at radius 2 is 1.27 bits per heavy atom. The van der Waals surface area contributed by atoms with Crippen molar-refractivity contribution >= 4 is 20.2 Å². The number of benzene rings is 1. The summed E-state index contributed by atoms with van der Waals surface area (Å²) in [6.07, 6.45) is 0. The Bertz CT molecular complexity index is 478. The van der Waals surface area contributed by atoms with Crippen LogP contribution >= 0.6 is 0 Å². The quantitative estimate of drug-likeness (QED) is 0.444. The third-order valence-electron chi connectivity index (χ3n) is 1.41. The molecule has 0 spiro atoms. The second-order valence-electron chi connectivity index (χ2n) is 2.40. The van der Waals surface area contributed by atoms with Crippen LogP contribution in [0.25, 0.3) is 0 Å². The average Bonchev–Trinajstić information content (AvgIpc) is 2.01. The summed E-state index contributed by atoms with van der Waals surface area (Å²) in [5.74, 6) is 0. The van der Waals surface area contributed by atoms with Crippen LogP contribution in [0.4, 0.5) is 0 Å². The maximum absolute atomic E-state index is 10.5. The molecule has 1 aromatic carbocycles.